The van der Waals surface area contributed by atoms with Gasteiger partial charge in [0.15, 0.2) is 0 Å². The van der Waals surface area contributed by atoms with Crippen molar-refractivity contribution in [1.82, 2.24) is 9.62 Å². The number of furan rings is 1. The molecule has 108 valence electrons. The lowest BCUT2D eigenvalue weighted by Gasteiger charge is -2.16. The molecule has 19 heavy (non-hydrogen) atoms. The quantitative estimate of drug-likeness (QED) is 0.894. The van der Waals surface area contributed by atoms with Gasteiger partial charge in [0.25, 0.3) is 10.0 Å². The smallest absolute Gasteiger partial charge is 0.276 e. The minimum absolute atomic E-state index is 0.0576. The zero-order valence-electron chi connectivity index (χ0n) is 11.7. The number of hydrogen-bond donors (Lipinski definition) is 1. The van der Waals surface area contributed by atoms with Crippen LogP contribution in [0.1, 0.15) is 26.0 Å². The Morgan fingerprint density at radius 1 is 1.47 bits per heavy atom. The summed E-state index contributed by atoms with van der Waals surface area (Å²) in [5, 5.41) is 3.00. The lowest BCUT2D eigenvalue weighted by Crippen LogP contribution is -2.29. The van der Waals surface area contributed by atoms with Gasteiger partial charge in [-0.15, -0.1) is 0 Å². The van der Waals surface area contributed by atoms with Gasteiger partial charge in [-0.2, -0.15) is 4.31 Å². The second kappa shape index (κ2) is 5.64. The van der Waals surface area contributed by atoms with Gasteiger partial charge in [-0.25, -0.2) is 8.42 Å². The molecule has 0 aliphatic carbocycles. The molecule has 0 amide bonds. The molecule has 0 aromatic carbocycles. The summed E-state index contributed by atoms with van der Waals surface area (Å²) in [5.41, 5.74) is 0. The van der Waals surface area contributed by atoms with Gasteiger partial charge in [-0.05, 0) is 37.4 Å². The Kier molecular flexibility index (Phi) is 4.32. The van der Waals surface area contributed by atoms with Crippen LogP contribution in [0.5, 0.6) is 0 Å². The summed E-state index contributed by atoms with van der Waals surface area (Å²) in [5.74, 6) is 1.60. The zero-order chi connectivity index (χ0) is 14.0. The van der Waals surface area contributed by atoms with E-state index in [4.69, 9.17) is 4.42 Å². The summed E-state index contributed by atoms with van der Waals surface area (Å²) in [6, 6.07) is 3.25. The zero-order valence-corrected chi connectivity index (χ0v) is 12.5. The number of hydrogen-bond acceptors (Lipinski definition) is 4. The predicted octanol–water partition coefficient (Wildman–Crippen LogP) is 1.67. The number of sulfonamides is 1. The van der Waals surface area contributed by atoms with Crippen molar-refractivity contribution >= 4 is 10.0 Å². The molecule has 1 atom stereocenters. The fourth-order valence-electron chi connectivity index (χ4n) is 2.41. The number of nitrogens with zero attached hydrogens (tertiary/aromatic N) is 1. The van der Waals surface area contributed by atoms with Crippen LogP contribution in [-0.2, 0) is 16.6 Å². The molecular formula is C13H22N2O3S. The molecule has 1 saturated heterocycles. The monoisotopic (exact) mass is 286 g/mol. The second-order valence-corrected chi connectivity index (χ2v) is 7.28. The van der Waals surface area contributed by atoms with Gasteiger partial charge in [0.05, 0.1) is 6.54 Å². The fourth-order valence-corrected chi connectivity index (χ4v) is 3.85. The molecule has 1 aliphatic rings. The van der Waals surface area contributed by atoms with Crippen LogP contribution in [0.4, 0.5) is 0 Å². The number of nitrogens with one attached hydrogen (secondary N) is 1. The maximum atomic E-state index is 12.4. The highest BCUT2D eigenvalue weighted by Crippen LogP contribution is 2.29. The molecule has 2 heterocycles. The Morgan fingerprint density at radius 3 is 2.79 bits per heavy atom. The van der Waals surface area contributed by atoms with Crippen molar-refractivity contribution in [2.24, 2.45) is 11.8 Å². The Hall–Kier alpha value is -0.850. The first kappa shape index (κ1) is 14.6. The van der Waals surface area contributed by atoms with E-state index in [2.05, 4.69) is 19.2 Å². The minimum Gasteiger partial charge on any atom is -0.447 e. The van der Waals surface area contributed by atoms with E-state index in [0.29, 0.717) is 37.2 Å². The summed E-state index contributed by atoms with van der Waals surface area (Å²) in [6.07, 6.45) is 0.932. The molecule has 0 saturated carbocycles. The Labute approximate surface area is 115 Å². The van der Waals surface area contributed by atoms with Crippen molar-refractivity contribution in [1.29, 1.82) is 0 Å². The molecule has 2 rings (SSSR count). The SMILES string of the molecule is CNCc1ccc(S(=O)(=O)N2CCC(C(C)C)C2)o1. The predicted molar refractivity (Wildman–Crippen MR) is 73.2 cm³/mol. The van der Waals surface area contributed by atoms with E-state index in [1.165, 1.54) is 0 Å². The topological polar surface area (TPSA) is 62.6 Å². The third-order valence-electron chi connectivity index (χ3n) is 3.71. The average molecular weight is 286 g/mol. The fraction of sp³-hybridized carbons (Fsp3) is 0.692. The molecule has 1 fully saturated rings. The summed E-state index contributed by atoms with van der Waals surface area (Å²) < 4.78 is 31.8. The molecule has 1 aromatic rings. The van der Waals surface area contributed by atoms with E-state index in [0.717, 1.165) is 6.42 Å². The van der Waals surface area contributed by atoms with E-state index in [-0.39, 0.29) is 5.09 Å². The highest BCUT2D eigenvalue weighted by Gasteiger charge is 2.35. The van der Waals surface area contributed by atoms with Gasteiger partial charge in [-0.1, -0.05) is 13.8 Å². The number of rotatable bonds is 5. The molecule has 6 heteroatoms. The Bertz CT molecular complexity index is 522. The van der Waals surface area contributed by atoms with E-state index in [1.54, 1.807) is 23.5 Å². The van der Waals surface area contributed by atoms with Gasteiger partial charge in [0.2, 0.25) is 5.09 Å². The summed E-state index contributed by atoms with van der Waals surface area (Å²) >= 11 is 0. The molecule has 1 unspecified atom stereocenters. The lowest BCUT2D eigenvalue weighted by molar-refractivity contribution is 0.366. The van der Waals surface area contributed by atoms with Gasteiger partial charge in [0.1, 0.15) is 5.76 Å². The van der Waals surface area contributed by atoms with Crippen LogP contribution >= 0.6 is 0 Å². The van der Waals surface area contributed by atoms with Gasteiger partial charge < -0.3 is 9.73 Å². The first-order valence-corrected chi connectivity index (χ1v) is 8.12. The van der Waals surface area contributed by atoms with E-state index in [1.807, 2.05) is 0 Å². The molecule has 1 N–H and O–H groups in total. The van der Waals surface area contributed by atoms with Crippen LogP contribution < -0.4 is 5.32 Å². The molecule has 1 aliphatic heterocycles. The summed E-state index contributed by atoms with van der Waals surface area (Å²) in [7, 11) is -1.67. The Morgan fingerprint density at radius 2 is 2.21 bits per heavy atom. The molecule has 0 bridgehead atoms. The van der Waals surface area contributed by atoms with Crippen LogP contribution in [0, 0.1) is 11.8 Å². The summed E-state index contributed by atoms with van der Waals surface area (Å²) in [6.45, 7) is 6.00. The van der Waals surface area contributed by atoms with Crippen molar-refractivity contribution in [3.63, 3.8) is 0 Å². The Balaban J connectivity index is 2.14. The third kappa shape index (κ3) is 3.01. The first-order valence-electron chi connectivity index (χ1n) is 6.68. The maximum Gasteiger partial charge on any atom is 0.276 e. The van der Waals surface area contributed by atoms with Crippen LogP contribution in [0.15, 0.2) is 21.6 Å². The van der Waals surface area contributed by atoms with Crippen LogP contribution in [0.2, 0.25) is 0 Å². The largest absolute Gasteiger partial charge is 0.447 e. The van der Waals surface area contributed by atoms with Crippen LogP contribution in [0.3, 0.4) is 0 Å². The molecule has 5 nitrogen and oxygen atoms in total. The highest BCUT2D eigenvalue weighted by molar-refractivity contribution is 7.89. The lowest BCUT2D eigenvalue weighted by atomic mass is 9.96. The van der Waals surface area contributed by atoms with Crippen molar-refractivity contribution in [3.05, 3.63) is 17.9 Å². The summed E-state index contributed by atoms with van der Waals surface area (Å²) in [4.78, 5) is 0. The van der Waals surface area contributed by atoms with Gasteiger partial charge in [-0.3, -0.25) is 0 Å². The van der Waals surface area contributed by atoms with Crippen molar-refractivity contribution in [3.8, 4) is 0 Å². The van der Waals surface area contributed by atoms with Crippen molar-refractivity contribution in [2.45, 2.75) is 31.9 Å². The first-order chi connectivity index (χ1) is 8.95. The second-order valence-electron chi connectivity index (χ2n) is 5.41. The van der Waals surface area contributed by atoms with E-state index in [9.17, 15) is 8.42 Å². The minimum atomic E-state index is -3.46. The van der Waals surface area contributed by atoms with Crippen LogP contribution in [-0.4, -0.2) is 32.9 Å². The normalized spacial score (nSPS) is 21.4. The standard InChI is InChI=1S/C13H22N2O3S/c1-10(2)11-6-7-15(9-11)19(16,17)13-5-4-12(18-13)8-14-3/h4-5,10-11,14H,6-9H2,1-3H3. The molecular weight excluding hydrogens is 264 g/mol. The van der Waals surface area contributed by atoms with Crippen LogP contribution in [0.25, 0.3) is 0 Å². The van der Waals surface area contributed by atoms with E-state index < -0.39 is 10.0 Å². The van der Waals surface area contributed by atoms with Gasteiger partial charge in [0, 0.05) is 13.1 Å². The molecule has 0 radical (unpaired) electrons. The van der Waals surface area contributed by atoms with Crippen molar-refractivity contribution < 1.29 is 12.8 Å². The molecule has 0 spiro atoms. The van der Waals surface area contributed by atoms with Crippen molar-refractivity contribution in [2.75, 3.05) is 20.1 Å². The van der Waals surface area contributed by atoms with E-state index >= 15 is 0 Å². The third-order valence-corrected chi connectivity index (χ3v) is 5.45. The molecule has 1 aromatic heterocycles. The average Bonchev–Trinajstić information content (AvgIpc) is 2.98. The maximum absolute atomic E-state index is 12.4. The van der Waals surface area contributed by atoms with Gasteiger partial charge >= 0.3 is 0 Å². The highest BCUT2D eigenvalue weighted by atomic mass is 32.2.